The largest absolute Gasteiger partial charge is 0.549 e. The predicted octanol–water partition coefficient (Wildman–Crippen LogP) is -1.46. The third-order valence-corrected chi connectivity index (χ3v) is 1.60. The normalized spacial score (nSPS) is 10.7. The van der Waals surface area contributed by atoms with Crippen molar-refractivity contribution in [2.45, 2.75) is 26.7 Å². The zero-order chi connectivity index (χ0) is 9.72. The highest BCUT2D eigenvalue weighted by atomic mass is 16.4. The van der Waals surface area contributed by atoms with E-state index < -0.39 is 17.9 Å². The fourth-order valence-electron chi connectivity index (χ4n) is 0.832. The van der Waals surface area contributed by atoms with Crippen molar-refractivity contribution >= 4 is 11.9 Å². The summed E-state index contributed by atoms with van der Waals surface area (Å²) in [4.78, 5) is 20.4. The van der Waals surface area contributed by atoms with Crippen molar-refractivity contribution in [2.75, 3.05) is 0 Å². The molecule has 4 heteroatoms. The van der Waals surface area contributed by atoms with Gasteiger partial charge in [-0.15, -0.1) is 0 Å². The monoisotopic (exact) mass is 172 g/mol. The molecule has 12 heavy (non-hydrogen) atoms. The number of carboxylic acid groups (broad SMARTS) is 2. The van der Waals surface area contributed by atoms with E-state index in [9.17, 15) is 19.8 Å². The van der Waals surface area contributed by atoms with Crippen LogP contribution in [0.25, 0.3) is 0 Å². The molecule has 0 aliphatic heterocycles. The molecule has 0 aliphatic carbocycles. The molecular formula is C8H12O4-2. The summed E-state index contributed by atoms with van der Waals surface area (Å²) in [6.07, 6.45) is 0.634. The Morgan fingerprint density at radius 3 is 1.75 bits per heavy atom. The second kappa shape index (κ2) is 4.74. The van der Waals surface area contributed by atoms with Crippen molar-refractivity contribution in [1.82, 2.24) is 0 Å². The van der Waals surface area contributed by atoms with E-state index in [1.165, 1.54) is 0 Å². The summed E-state index contributed by atoms with van der Waals surface area (Å²) in [6.45, 7) is 3.78. The zero-order valence-electron chi connectivity index (χ0n) is 7.20. The molecule has 0 radical (unpaired) electrons. The molecule has 0 aromatic rings. The molecule has 0 atom stereocenters. The van der Waals surface area contributed by atoms with Crippen molar-refractivity contribution in [3.05, 3.63) is 0 Å². The average molecular weight is 172 g/mol. The van der Waals surface area contributed by atoms with E-state index in [4.69, 9.17) is 0 Å². The molecular weight excluding hydrogens is 160 g/mol. The number of aliphatic carboxylic acids is 2. The minimum Gasteiger partial charge on any atom is -0.549 e. The van der Waals surface area contributed by atoms with Crippen LogP contribution in [-0.2, 0) is 9.59 Å². The summed E-state index contributed by atoms with van der Waals surface area (Å²) in [7, 11) is 0. The molecule has 0 bridgehead atoms. The minimum atomic E-state index is -1.56. The summed E-state index contributed by atoms with van der Waals surface area (Å²) in [5.41, 5.74) is 0. The Hall–Kier alpha value is -1.06. The highest BCUT2D eigenvalue weighted by Gasteiger charge is 2.11. The van der Waals surface area contributed by atoms with Gasteiger partial charge < -0.3 is 19.8 Å². The van der Waals surface area contributed by atoms with Gasteiger partial charge in [0.05, 0.1) is 11.9 Å². The number of rotatable bonds is 5. The van der Waals surface area contributed by atoms with E-state index in [-0.39, 0.29) is 12.3 Å². The van der Waals surface area contributed by atoms with Crippen LogP contribution in [0.2, 0.25) is 0 Å². The Labute approximate surface area is 71.2 Å². The molecule has 0 amide bonds. The number of carbonyl (C=O) groups is 2. The molecule has 0 unspecified atom stereocenters. The Kier molecular flexibility index (Phi) is 4.33. The smallest absolute Gasteiger partial charge is 0.0501 e. The van der Waals surface area contributed by atoms with Crippen molar-refractivity contribution < 1.29 is 19.8 Å². The molecule has 0 rings (SSSR count). The minimum absolute atomic E-state index is 0.0856. The molecule has 0 fully saturated rings. The Bertz CT molecular complexity index is 160. The number of hydrogen-bond donors (Lipinski definition) is 0. The van der Waals surface area contributed by atoms with Crippen LogP contribution >= 0.6 is 0 Å². The first kappa shape index (κ1) is 10.9. The lowest BCUT2D eigenvalue weighted by molar-refractivity contribution is -0.332. The first-order chi connectivity index (χ1) is 5.45. The molecule has 0 aliphatic rings. The molecule has 4 nitrogen and oxygen atoms in total. The lowest BCUT2D eigenvalue weighted by atomic mass is 9.98. The molecule has 0 aromatic carbocycles. The SMILES string of the molecule is CC(C)CCC(C(=O)[O-])C(=O)[O-]. The second-order valence-electron chi connectivity index (χ2n) is 3.16. The van der Waals surface area contributed by atoms with Crippen molar-refractivity contribution in [2.24, 2.45) is 11.8 Å². The highest BCUT2D eigenvalue weighted by molar-refractivity contribution is 5.90. The highest BCUT2D eigenvalue weighted by Crippen LogP contribution is 2.10. The van der Waals surface area contributed by atoms with E-state index in [2.05, 4.69) is 0 Å². The first-order valence-corrected chi connectivity index (χ1v) is 3.87. The van der Waals surface area contributed by atoms with Crippen LogP contribution in [0.5, 0.6) is 0 Å². The van der Waals surface area contributed by atoms with Gasteiger partial charge in [-0.2, -0.15) is 0 Å². The van der Waals surface area contributed by atoms with Crippen LogP contribution < -0.4 is 10.2 Å². The third-order valence-electron chi connectivity index (χ3n) is 1.60. The Balaban J connectivity index is 3.97. The Morgan fingerprint density at radius 1 is 1.08 bits per heavy atom. The lowest BCUT2D eigenvalue weighted by Gasteiger charge is -2.19. The third kappa shape index (κ3) is 3.95. The van der Waals surface area contributed by atoms with Gasteiger partial charge in [0, 0.05) is 5.92 Å². The van der Waals surface area contributed by atoms with E-state index in [1.54, 1.807) is 0 Å². The summed E-state index contributed by atoms with van der Waals surface area (Å²) >= 11 is 0. The van der Waals surface area contributed by atoms with Gasteiger partial charge in [0.15, 0.2) is 0 Å². The summed E-state index contributed by atoms with van der Waals surface area (Å²) in [5.74, 6) is -4.30. The van der Waals surface area contributed by atoms with E-state index in [1.807, 2.05) is 13.8 Å². The fourth-order valence-corrected chi connectivity index (χ4v) is 0.832. The van der Waals surface area contributed by atoms with Gasteiger partial charge in [-0.1, -0.05) is 13.8 Å². The maximum atomic E-state index is 10.2. The van der Waals surface area contributed by atoms with Crippen LogP contribution in [0.15, 0.2) is 0 Å². The summed E-state index contributed by atoms with van der Waals surface area (Å²) in [5, 5.41) is 20.4. The molecule has 0 saturated carbocycles. The maximum absolute atomic E-state index is 10.2. The summed E-state index contributed by atoms with van der Waals surface area (Å²) < 4.78 is 0. The van der Waals surface area contributed by atoms with Crippen molar-refractivity contribution in [3.63, 3.8) is 0 Å². The topological polar surface area (TPSA) is 80.3 Å². The van der Waals surface area contributed by atoms with Gasteiger partial charge in [0.25, 0.3) is 0 Å². The molecule has 0 N–H and O–H groups in total. The van der Waals surface area contributed by atoms with Gasteiger partial charge in [-0.05, 0) is 18.8 Å². The van der Waals surface area contributed by atoms with Crippen LogP contribution in [-0.4, -0.2) is 11.9 Å². The fraction of sp³-hybridized carbons (Fsp3) is 0.750. The predicted molar refractivity (Wildman–Crippen MR) is 37.6 cm³/mol. The quantitative estimate of drug-likeness (QED) is 0.474. The van der Waals surface area contributed by atoms with E-state index in [0.717, 1.165) is 0 Å². The van der Waals surface area contributed by atoms with E-state index >= 15 is 0 Å². The van der Waals surface area contributed by atoms with Gasteiger partial charge in [-0.25, -0.2) is 0 Å². The average Bonchev–Trinajstić information content (AvgIpc) is 1.84. The summed E-state index contributed by atoms with van der Waals surface area (Å²) in [6, 6.07) is 0. The lowest BCUT2D eigenvalue weighted by Crippen LogP contribution is -2.43. The van der Waals surface area contributed by atoms with Crippen molar-refractivity contribution in [1.29, 1.82) is 0 Å². The zero-order valence-corrected chi connectivity index (χ0v) is 7.20. The van der Waals surface area contributed by atoms with Gasteiger partial charge >= 0.3 is 0 Å². The molecule has 0 aromatic heterocycles. The van der Waals surface area contributed by atoms with Crippen LogP contribution in [0.4, 0.5) is 0 Å². The van der Waals surface area contributed by atoms with Crippen molar-refractivity contribution in [3.8, 4) is 0 Å². The van der Waals surface area contributed by atoms with Crippen LogP contribution in [0.3, 0.4) is 0 Å². The number of carbonyl (C=O) groups excluding carboxylic acids is 2. The first-order valence-electron chi connectivity index (χ1n) is 3.87. The van der Waals surface area contributed by atoms with Crippen LogP contribution in [0, 0.1) is 11.8 Å². The Morgan fingerprint density at radius 2 is 1.50 bits per heavy atom. The van der Waals surface area contributed by atoms with Gasteiger partial charge in [0.1, 0.15) is 0 Å². The molecule has 0 heterocycles. The number of carboxylic acids is 2. The van der Waals surface area contributed by atoms with Crippen LogP contribution in [0.1, 0.15) is 26.7 Å². The maximum Gasteiger partial charge on any atom is 0.0501 e. The van der Waals surface area contributed by atoms with Gasteiger partial charge in [0.2, 0.25) is 0 Å². The number of hydrogen-bond acceptors (Lipinski definition) is 4. The second-order valence-corrected chi connectivity index (χ2v) is 3.16. The molecule has 0 saturated heterocycles. The standard InChI is InChI=1S/C8H14O4/c1-5(2)3-4-6(7(9)10)8(11)12/h5-6H,3-4H2,1-2H3,(H,9,10)(H,11,12)/p-2. The van der Waals surface area contributed by atoms with Gasteiger partial charge in [-0.3, -0.25) is 0 Å². The molecule has 70 valence electrons. The molecule has 0 spiro atoms. The van der Waals surface area contributed by atoms with E-state index in [0.29, 0.717) is 6.42 Å².